The van der Waals surface area contributed by atoms with Crippen LogP contribution < -0.4 is 4.90 Å². The Morgan fingerprint density at radius 1 is 1.14 bits per heavy atom. The summed E-state index contributed by atoms with van der Waals surface area (Å²) in [6.45, 7) is 4.96. The van der Waals surface area contributed by atoms with Gasteiger partial charge in [-0.2, -0.15) is 4.31 Å². The molecule has 1 amide bonds. The number of sulfonamides is 1. The third kappa shape index (κ3) is 4.91. The summed E-state index contributed by atoms with van der Waals surface area (Å²) in [4.78, 5) is 25.0. The summed E-state index contributed by atoms with van der Waals surface area (Å²) in [5.41, 5.74) is 4.00. The maximum atomic E-state index is 14.0. The van der Waals surface area contributed by atoms with Crippen molar-refractivity contribution in [3.05, 3.63) is 83.7 Å². The Morgan fingerprint density at radius 3 is 2.69 bits per heavy atom. The van der Waals surface area contributed by atoms with Gasteiger partial charge in [0.2, 0.25) is 15.9 Å². The molecule has 5 rings (SSSR count). The smallest absolute Gasteiger partial charge is 0.243 e. The molecule has 186 valence electrons. The van der Waals surface area contributed by atoms with Gasteiger partial charge in [0.15, 0.2) is 5.13 Å². The largest absolute Gasteiger partial charge is 0.283 e. The number of pyridine rings is 1. The minimum Gasteiger partial charge on any atom is -0.283 e. The van der Waals surface area contributed by atoms with Crippen LogP contribution in [0.15, 0.2) is 71.9 Å². The predicted octanol–water partition coefficient (Wildman–Crippen LogP) is 4.94. The van der Waals surface area contributed by atoms with E-state index in [1.807, 2.05) is 26.0 Å². The van der Waals surface area contributed by atoms with Gasteiger partial charge in [-0.3, -0.25) is 14.7 Å². The average molecular weight is 521 g/mol. The maximum absolute atomic E-state index is 14.0. The molecule has 7 nitrogen and oxygen atoms in total. The Balaban J connectivity index is 1.47. The van der Waals surface area contributed by atoms with E-state index in [0.717, 1.165) is 26.9 Å². The molecule has 0 N–H and O–H groups in total. The number of carbonyl (C=O) groups excluding carboxylic acids is 1. The fraction of sp³-hybridized carbons (Fsp3) is 0.296. The third-order valence-corrected chi connectivity index (χ3v) is 9.40. The van der Waals surface area contributed by atoms with Crippen molar-refractivity contribution >= 4 is 42.6 Å². The van der Waals surface area contributed by atoms with Crippen LogP contribution in [0.2, 0.25) is 0 Å². The topological polar surface area (TPSA) is 83.5 Å². The first-order chi connectivity index (χ1) is 17.3. The van der Waals surface area contributed by atoms with E-state index in [0.29, 0.717) is 31.1 Å². The van der Waals surface area contributed by atoms with Crippen LogP contribution in [-0.4, -0.2) is 41.7 Å². The Kier molecular flexibility index (Phi) is 6.87. The van der Waals surface area contributed by atoms with Crippen molar-refractivity contribution in [2.75, 3.05) is 18.0 Å². The molecule has 0 bridgehead atoms. The van der Waals surface area contributed by atoms with E-state index < -0.39 is 15.9 Å². The zero-order valence-corrected chi connectivity index (χ0v) is 21.9. The van der Waals surface area contributed by atoms with Gasteiger partial charge in [-0.15, -0.1) is 0 Å². The van der Waals surface area contributed by atoms with Gasteiger partial charge in [-0.25, -0.2) is 13.4 Å². The molecule has 1 fully saturated rings. The normalized spacial score (nSPS) is 16.8. The molecule has 2 aromatic heterocycles. The summed E-state index contributed by atoms with van der Waals surface area (Å²) in [7, 11) is -3.67. The lowest BCUT2D eigenvalue weighted by molar-refractivity contribution is -0.123. The molecule has 1 aliphatic rings. The second-order valence-electron chi connectivity index (χ2n) is 9.23. The molecule has 3 heterocycles. The lowest BCUT2D eigenvalue weighted by Gasteiger charge is -2.33. The van der Waals surface area contributed by atoms with Gasteiger partial charge in [0.05, 0.1) is 27.6 Å². The van der Waals surface area contributed by atoms with Crippen molar-refractivity contribution in [2.24, 2.45) is 5.92 Å². The molecule has 36 heavy (non-hydrogen) atoms. The zero-order valence-electron chi connectivity index (χ0n) is 20.3. The Bertz CT molecular complexity index is 1490. The number of piperidine rings is 1. The molecule has 4 aromatic rings. The molecule has 1 saturated heterocycles. The molecule has 0 spiro atoms. The third-order valence-electron chi connectivity index (χ3n) is 6.49. The highest BCUT2D eigenvalue weighted by atomic mass is 32.2. The second kappa shape index (κ2) is 10.1. The predicted molar refractivity (Wildman–Crippen MR) is 142 cm³/mol. The van der Waals surface area contributed by atoms with E-state index in [1.54, 1.807) is 47.6 Å². The number of aryl methyl sites for hydroxylation is 2. The summed E-state index contributed by atoms with van der Waals surface area (Å²) in [5.74, 6) is -0.566. The summed E-state index contributed by atoms with van der Waals surface area (Å²) in [5, 5.41) is 0.621. The van der Waals surface area contributed by atoms with Gasteiger partial charge in [0, 0.05) is 25.5 Å². The van der Waals surface area contributed by atoms with Crippen LogP contribution >= 0.6 is 11.3 Å². The average Bonchev–Trinajstić information content (AvgIpc) is 3.32. The first kappa shape index (κ1) is 24.5. The number of nitrogens with zero attached hydrogens (tertiary/aromatic N) is 4. The van der Waals surface area contributed by atoms with Crippen molar-refractivity contribution in [2.45, 2.75) is 38.1 Å². The van der Waals surface area contributed by atoms with E-state index >= 15 is 0 Å². The van der Waals surface area contributed by atoms with E-state index in [4.69, 9.17) is 4.98 Å². The zero-order chi connectivity index (χ0) is 25.3. The van der Waals surface area contributed by atoms with Crippen LogP contribution in [0.3, 0.4) is 0 Å². The number of fused-ring (bicyclic) bond motifs is 1. The molecule has 9 heteroatoms. The standard InChI is InChI=1S/C27H28N4O3S2/c1-19-14-20(2)25-24(15-19)35-27(29-25)31(17-21-8-6-12-28-16-21)26(32)22-9-7-13-30(18-22)36(33,34)23-10-4-3-5-11-23/h3-6,8,10-12,14-16,22H,7,9,13,17-18H2,1-2H3. The maximum Gasteiger partial charge on any atom is 0.243 e. The molecular formula is C27H28N4O3S2. The number of hydrogen-bond acceptors (Lipinski definition) is 6. The Labute approximate surface area is 215 Å². The van der Waals surface area contributed by atoms with Gasteiger partial charge in [0.25, 0.3) is 0 Å². The lowest BCUT2D eigenvalue weighted by atomic mass is 9.98. The van der Waals surface area contributed by atoms with E-state index in [2.05, 4.69) is 17.1 Å². The fourth-order valence-electron chi connectivity index (χ4n) is 4.71. The van der Waals surface area contributed by atoms with E-state index in [-0.39, 0.29) is 17.3 Å². The Morgan fingerprint density at radius 2 is 1.94 bits per heavy atom. The monoisotopic (exact) mass is 520 g/mol. The highest BCUT2D eigenvalue weighted by Crippen LogP contribution is 2.34. The van der Waals surface area contributed by atoms with Crippen LogP contribution in [0, 0.1) is 19.8 Å². The van der Waals surface area contributed by atoms with Crippen LogP contribution in [-0.2, 0) is 21.4 Å². The number of benzene rings is 2. The number of aromatic nitrogens is 2. The Hall–Kier alpha value is -3.14. The van der Waals surface area contributed by atoms with Gasteiger partial charge in [-0.1, -0.05) is 41.7 Å². The number of amides is 1. The van der Waals surface area contributed by atoms with Crippen molar-refractivity contribution < 1.29 is 13.2 Å². The van der Waals surface area contributed by atoms with Gasteiger partial charge >= 0.3 is 0 Å². The van der Waals surface area contributed by atoms with E-state index in [1.165, 1.54) is 15.6 Å². The highest BCUT2D eigenvalue weighted by molar-refractivity contribution is 7.89. The molecule has 2 aromatic carbocycles. The van der Waals surface area contributed by atoms with E-state index in [9.17, 15) is 13.2 Å². The molecule has 0 saturated carbocycles. The van der Waals surface area contributed by atoms with Gasteiger partial charge in [-0.05, 0) is 67.6 Å². The number of thiazole rings is 1. The fourth-order valence-corrected chi connectivity index (χ4v) is 7.40. The quantitative estimate of drug-likeness (QED) is 0.360. The number of anilines is 1. The molecule has 0 aliphatic carbocycles. The summed E-state index contributed by atoms with van der Waals surface area (Å²) in [6.07, 6.45) is 4.70. The summed E-state index contributed by atoms with van der Waals surface area (Å²) < 4.78 is 29.0. The van der Waals surface area contributed by atoms with Crippen molar-refractivity contribution in [1.29, 1.82) is 0 Å². The van der Waals surface area contributed by atoms with Gasteiger partial charge < -0.3 is 0 Å². The van der Waals surface area contributed by atoms with Crippen LogP contribution in [0.25, 0.3) is 10.2 Å². The van der Waals surface area contributed by atoms with Crippen LogP contribution in [0.1, 0.15) is 29.5 Å². The molecule has 0 radical (unpaired) electrons. The molecular weight excluding hydrogens is 492 g/mol. The van der Waals surface area contributed by atoms with Crippen molar-refractivity contribution in [3.8, 4) is 0 Å². The van der Waals surface area contributed by atoms with Crippen LogP contribution in [0.4, 0.5) is 5.13 Å². The molecule has 1 aliphatic heterocycles. The SMILES string of the molecule is Cc1cc(C)c2nc(N(Cc3cccnc3)C(=O)C3CCCN(S(=O)(=O)c4ccccc4)C3)sc2c1. The minimum atomic E-state index is -3.67. The lowest BCUT2D eigenvalue weighted by Crippen LogP contribution is -2.46. The van der Waals surface area contributed by atoms with Crippen molar-refractivity contribution in [3.63, 3.8) is 0 Å². The van der Waals surface area contributed by atoms with Gasteiger partial charge in [0.1, 0.15) is 0 Å². The highest BCUT2D eigenvalue weighted by Gasteiger charge is 2.36. The summed E-state index contributed by atoms with van der Waals surface area (Å²) in [6, 6.07) is 16.4. The minimum absolute atomic E-state index is 0.111. The first-order valence-electron chi connectivity index (χ1n) is 12.0. The molecule has 1 unspecified atom stereocenters. The number of hydrogen-bond donors (Lipinski definition) is 0. The second-order valence-corrected chi connectivity index (χ2v) is 12.2. The van der Waals surface area contributed by atoms with Crippen LogP contribution in [0.5, 0.6) is 0 Å². The number of rotatable bonds is 6. The number of carbonyl (C=O) groups is 1. The molecule has 1 atom stereocenters. The van der Waals surface area contributed by atoms with Crippen molar-refractivity contribution in [1.82, 2.24) is 14.3 Å². The summed E-state index contributed by atoms with van der Waals surface area (Å²) >= 11 is 1.49. The first-order valence-corrected chi connectivity index (χ1v) is 14.2.